The molecule has 4 nitrogen and oxygen atoms in total. The van der Waals surface area contributed by atoms with Crippen molar-refractivity contribution in [3.8, 4) is 5.75 Å². The molecule has 2 rings (SSSR count). The van der Waals surface area contributed by atoms with Gasteiger partial charge >= 0.3 is 0 Å². The molecule has 1 aromatic carbocycles. The van der Waals surface area contributed by atoms with Crippen LogP contribution < -0.4 is 10.1 Å². The molecular formula is C17H26N2O2. The van der Waals surface area contributed by atoms with Crippen molar-refractivity contribution in [2.45, 2.75) is 32.2 Å². The van der Waals surface area contributed by atoms with Crippen LogP contribution in [0, 0.1) is 5.92 Å². The second-order valence-electron chi connectivity index (χ2n) is 5.84. The highest BCUT2D eigenvalue weighted by atomic mass is 16.5. The summed E-state index contributed by atoms with van der Waals surface area (Å²) >= 11 is 0. The van der Waals surface area contributed by atoms with Crippen LogP contribution >= 0.6 is 0 Å². The molecule has 4 heteroatoms. The maximum Gasteiger partial charge on any atom is 0.224 e. The van der Waals surface area contributed by atoms with Gasteiger partial charge in [0.05, 0.1) is 19.1 Å². The summed E-state index contributed by atoms with van der Waals surface area (Å²) in [6, 6.07) is 8.02. The van der Waals surface area contributed by atoms with Gasteiger partial charge < -0.3 is 15.0 Å². The second kappa shape index (κ2) is 7.46. The highest BCUT2D eigenvalue weighted by molar-refractivity contribution is 5.79. The maximum absolute atomic E-state index is 12.4. The molecule has 21 heavy (non-hydrogen) atoms. The van der Waals surface area contributed by atoms with Crippen molar-refractivity contribution in [3.63, 3.8) is 0 Å². The summed E-state index contributed by atoms with van der Waals surface area (Å²) in [6.45, 7) is 4.06. The van der Waals surface area contributed by atoms with Crippen LogP contribution in [-0.4, -0.2) is 38.1 Å². The molecule has 0 aliphatic carbocycles. The van der Waals surface area contributed by atoms with E-state index in [1.165, 1.54) is 0 Å². The summed E-state index contributed by atoms with van der Waals surface area (Å²) in [5, 5.41) is 3.20. The van der Waals surface area contributed by atoms with E-state index >= 15 is 0 Å². The number of nitrogens with zero attached hydrogens (tertiary/aromatic N) is 1. The summed E-state index contributed by atoms with van der Waals surface area (Å²) in [4.78, 5) is 14.7. The lowest BCUT2D eigenvalue weighted by Gasteiger charge is -2.30. The van der Waals surface area contributed by atoms with Crippen LogP contribution in [0.15, 0.2) is 24.3 Å². The number of hydrogen-bond donors (Lipinski definition) is 1. The minimum atomic E-state index is 0.0793. The van der Waals surface area contributed by atoms with E-state index in [9.17, 15) is 4.79 Å². The van der Waals surface area contributed by atoms with Gasteiger partial charge in [-0.15, -0.1) is 0 Å². The minimum Gasteiger partial charge on any atom is -0.497 e. The lowest BCUT2D eigenvalue weighted by molar-refractivity contribution is -0.127. The molecule has 1 heterocycles. The monoisotopic (exact) mass is 290 g/mol. The Labute approximate surface area is 127 Å². The van der Waals surface area contributed by atoms with Crippen LogP contribution in [0.5, 0.6) is 5.75 Å². The first kappa shape index (κ1) is 15.8. The van der Waals surface area contributed by atoms with E-state index in [4.69, 9.17) is 4.74 Å². The van der Waals surface area contributed by atoms with Crippen molar-refractivity contribution < 1.29 is 9.53 Å². The van der Waals surface area contributed by atoms with Crippen molar-refractivity contribution in [3.05, 3.63) is 29.8 Å². The van der Waals surface area contributed by atoms with Gasteiger partial charge in [-0.05, 0) is 50.6 Å². The number of ether oxygens (including phenoxy) is 1. The van der Waals surface area contributed by atoms with Gasteiger partial charge in [0, 0.05) is 6.54 Å². The number of methoxy groups -OCH3 is 1. The topological polar surface area (TPSA) is 41.6 Å². The zero-order valence-electron chi connectivity index (χ0n) is 13.3. The number of carbonyl (C=O) groups is 1. The first-order chi connectivity index (χ1) is 10.1. The highest BCUT2D eigenvalue weighted by Gasteiger charge is 2.25. The third kappa shape index (κ3) is 4.21. The Kier molecular flexibility index (Phi) is 5.62. The van der Waals surface area contributed by atoms with Gasteiger partial charge in [-0.1, -0.05) is 19.1 Å². The fraction of sp³-hybridized carbons (Fsp3) is 0.588. The zero-order valence-corrected chi connectivity index (χ0v) is 13.3. The minimum absolute atomic E-state index is 0.0793. The molecule has 1 N–H and O–H groups in total. The van der Waals surface area contributed by atoms with Crippen LogP contribution in [-0.2, 0) is 4.79 Å². The van der Waals surface area contributed by atoms with Crippen molar-refractivity contribution in [2.24, 2.45) is 5.92 Å². The molecule has 0 spiro atoms. The molecule has 1 fully saturated rings. The SMILES string of the molecule is CC[C@@H](NC(=O)[C@@H]1CCCN(C)C1)c1ccc(OC)cc1. The predicted molar refractivity (Wildman–Crippen MR) is 84.4 cm³/mol. The lowest BCUT2D eigenvalue weighted by atomic mass is 9.96. The van der Waals surface area contributed by atoms with Gasteiger partial charge in [-0.2, -0.15) is 0 Å². The van der Waals surface area contributed by atoms with Gasteiger partial charge in [0.2, 0.25) is 5.91 Å². The number of amides is 1. The van der Waals surface area contributed by atoms with Gasteiger partial charge in [0.1, 0.15) is 5.75 Å². The molecule has 1 saturated heterocycles. The highest BCUT2D eigenvalue weighted by Crippen LogP contribution is 2.22. The van der Waals surface area contributed by atoms with Crippen molar-refractivity contribution in [1.82, 2.24) is 10.2 Å². The molecule has 0 unspecified atom stereocenters. The molecule has 0 bridgehead atoms. The maximum atomic E-state index is 12.4. The van der Waals surface area contributed by atoms with Gasteiger partial charge in [0.25, 0.3) is 0 Å². The van der Waals surface area contributed by atoms with E-state index in [2.05, 4.69) is 24.2 Å². The number of hydrogen-bond acceptors (Lipinski definition) is 3. The predicted octanol–water partition coefficient (Wildman–Crippen LogP) is 2.60. The summed E-state index contributed by atoms with van der Waals surface area (Å²) < 4.78 is 5.18. The summed E-state index contributed by atoms with van der Waals surface area (Å²) in [5.74, 6) is 1.15. The fourth-order valence-electron chi connectivity index (χ4n) is 2.93. The van der Waals surface area contributed by atoms with Gasteiger partial charge in [-0.3, -0.25) is 4.79 Å². The number of nitrogens with one attached hydrogen (secondary N) is 1. The lowest BCUT2D eigenvalue weighted by Crippen LogP contribution is -2.42. The van der Waals surface area contributed by atoms with Gasteiger partial charge in [0.15, 0.2) is 0 Å². The molecule has 2 atom stereocenters. The Bertz CT molecular complexity index is 458. The zero-order chi connectivity index (χ0) is 15.2. The van der Waals surface area contributed by atoms with Crippen molar-refractivity contribution in [1.29, 1.82) is 0 Å². The van der Waals surface area contributed by atoms with Crippen molar-refractivity contribution in [2.75, 3.05) is 27.2 Å². The van der Waals surface area contributed by atoms with E-state index in [1.807, 2.05) is 24.3 Å². The van der Waals surface area contributed by atoms with Gasteiger partial charge in [-0.25, -0.2) is 0 Å². The molecule has 0 radical (unpaired) electrons. The molecule has 1 amide bonds. The number of piperidine rings is 1. The third-order valence-corrected chi connectivity index (χ3v) is 4.24. The van der Waals surface area contributed by atoms with Crippen LogP contribution in [0.4, 0.5) is 0 Å². The number of benzene rings is 1. The second-order valence-corrected chi connectivity index (χ2v) is 5.84. The standard InChI is InChI=1S/C17H26N2O2/c1-4-16(13-7-9-15(21-3)10-8-13)18-17(20)14-6-5-11-19(2)12-14/h7-10,14,16H,4-6,11-12H2,1-3H3,(H,18,20)/t14-,16-/m1/s1. The normalized spacial score (nSPS) is 20.8. The number of carbonyl (C=O) groups excluding carboxylic acids is 1. The summed E-state index contributed by atoms with van der Waals surface area (Å²) in [7, 11) is 3.74. The smallest absolute Gasteiger partial charge is 0.224 e. The molecule has 1 aliphatic heterocycles. The first-order valence-electron chi connectivity index (χ1n) is 7.77. The Balaban J connectivity index is 1.98. The van der Waals surface area contributed by atoms with Crippen LogP contribution in [0.1, 0.15) is 37.8 Å². The molecule has 116 valence electrons. The molecule has 1 aliphatic rings. The molecule has 1 aromatic rings. The molecule has 0 saturated carbocycles. The van der Waals surface area contributed by atoms with E-state index in [1.54, 1.807) is 7.11 Å². The summed E-state index contributed by atoms with van der Waals surface area (Å²) in [6.07, 6.45) is 2.99. The summed E-state index contributed by atoms with van der Waals surface area (Å²) in [5.41, 5.74) is 1.14. The van der Waals surface area contributed by atoms with Crippen molar-refractivity contribution >= 4 is 5.91 Å². The Morgan fingerprint density at radius 1 is 1.43 bits per heavy atom. The van der Waals surface area contributed by atoms with Crippen LogP contribution in [0.3, 0.4) is 0 Å². The van der Waals surface area contributed by atoms with Crippen LogP contribution in [0.2, 0.25) is 0 Å². The quantitative estimate of drug-likeness (QED) is 0.906. The third-order valence-electron chi connectivity index (χ3n) is 4.24. The largest absolute Gasteiger partial charge is 0.497 e. The fourth-order valence-corrected chi connectivity index (χ4v) is 2.93. The Morgan fingerprint density at radius 2 is 2.14 bits per heavy atom. The number of likely N-dealkylation sites (tertiary alicyclic amines) is 1. The van der Waals surface area contributed by atoms with E-state index in [0.29, 0.717) is 0 Å². The average molecular weight is 290 g/mol. The molecular weight excluding hydrogens is 264 g/mol. The van der Waals surface area contributed by atoms with E-state index in [0.717, 1.165) is 43.7 Å². The number of rotatable bonds is 5. The van der Waals surface area contributed by atoms with E-state index in [-0.39, 0.29) is 17.9 Å². The van der Waals surface area contributed by atoms with E-state index < -0.39 is 0 Å². The average Bonchev–Trinajstić information content (AvgIpc) is 2.52. The van der Waals surface area contributed by atoms with Crippen LogP contribution in [0.25, 0.3) is 0 Å². The molecule has 0 aromatic heterocycles. The first-order valence-corrected chi connectivity index (χ1v) is 7.77. The Hall–Kier alpha value is -1.55. The Morgan fingerprint density at radius 3 is 2.71 bits per heavy atom.